The Morgan fingerprint density at radius 3 is 2.15 bits per heavy atom. The molecule has 0 bridgehead atoms. The summed E-state index contributed by atoms with van der Waals surface area (Å²) in [5, 5.41) is 11.3. The van der Waals surface area contributed by atoms with Crippen LogP contribution < -0.4 is 0 Å². The fourth-order valence-electron chi connectivity index (χ4n) is 5.26. The molecule has 34 heavy (non-hydrogen) atoms. The van der Waals surface area contributed by atoms with Crippen LogP contribution in [-0.4, -0.2) is 33.1 Å². The smallest absolute Gasteiger partial charge is 0.312 e. The average molecular weight is 487 g/mol. The van der Waals surface area contributed by atoms with Crippen molar-refractivity contribution in [2.75, 3.05) is 13.9 Å². The maximum absolute atomic E-state index is 15.4. The van der Waals surface area contributed by atoms with Crippen molar-refractivity contribution in [3.63, 3.8) is 0 Å². The molecule has 2 aromatic carbocycles. The molecule has 0 radical (unpaired) electrons. The van der Waals surface area contributed by atoms with E-state index in [1.807, 2.05) is 12.1 Å². The molecule has 1 N–H and O–H groups in total. The number of aliphatic carboxylic acids is 1. The van der Waals surface area contributed by atoms with Gasteiger partial charge in [0.15, 0.2) is 0 Å². The van der Waals surface area contributed by atoms with Crippen LogP contribution in [0.4, 0.5) is 4.39 Å². The van der Waals surface area contributed by atoms with Gasteiger partial charge in [-0.05, 0) is 47.5 Å². The minimum Gasteiger partial charge on any atom is -0.481 e. The molecular weight excluding hydrogens is 447 g/mol. The number of halogens is 1. The van der Waals surface area contributed by atoms with Crippen molar-refractivity contribution >= 4 is 24.8 Å². The fourth-order valence-corrected chi connectivity index (χ4v) is 10.5. The van der Waals surface area contributed by atoms with Gasteiger partial charge in [-0.2, -0.15) is 0 Å². The van der Waals surface area contributed by atoms with Crippen LogP contribution in [-0.2, 0) is 14.3 Å². The molecule has 0 amide bonds. The molecule has 0 aliphatic heterocycles. The SMILES string of the molecule is COCOC(c1cccc2ccc(F)c(C#C[Si](C(C)C)(C(C)C)C(C)C)c12)C(C)(C)C(=O)O. The number of carboxylic acids is 1. The van der Waals surface area contributed by atoms with E-state index >= 15 is 4.39 Å². The first-order valence-electron chi connectivity index (χ1n) is 11.9. The second kappa shape index (κ2) is 11.0. The van der Waals surface area contributed by atoms with Gasteiger partial charge in [-0.15, -0.1) is 5.54 Å². The molecule has 0 fully saturated rings. The van der Waals surface area contributed by atoms with Gasteiger partial charge in [0, 0.05) is 12.5 Å². The zero-order valence-electron chi connectivity index (χ0n) is 22.0. The topological polar surface area (TPSA) is 55.8 Å². The van der Waals surface area contributed by atoms with Gasteiger partial charge < -0.3 is 14.6 Å². The van der Waals surface area contributed by atoms with E-state index in [4.69, 9.17) is 9.47 Å². The summed E-state index contributed by atoms with van der Waals surface area (Å²) in [7, 11) is -0.629. The number of hydrogen-bond acceptors (Lipinski definition) is 3. The number of methoxy groups -OCH3 is 1. The van der Waals surface area contributed by atoms with Crippen LogP contribution in [0, 0.1) is 22.7 Å². The molecular formula is C28H39FO4Si. The summed E-state index contributed by atoms with van der Waals surface area (Å²) in [4.78, 5) is 12.2. The maximum atomic E-state index is 15.4. The molecule has 1 unspecified atom stereocenters. The third kappa shape index (κ3) is 5.22. The van der Waals surface area contributed by atoms with E-state index in [2.05, 4.69) is 53.0 Å². The van der Waals surface area contributed by atoms with Crippen LogP contribution in [0.15, 0.2) is 30.3 Å². The number of carboxylic acid groups (broad SMARTS) is 1. The number of carbonyl (C=O) groups is 1. The van der Waals surface area contributed by atoms with Crippen molar-refractivity contribution in [3.05, 3.63) is 47.3 Å². The first kappa shape index (κ1) is 28.0. The first-order valence-corrected chi connectivity index (χ1v) is 14.1. The lowest BCUT2D eigenvalue weighted by atomic mass is 9.80. The van der Waals surface area contributed by atoms with Crippen molar-refractivity contribution in [2.24, 2.45) is 5.41 Å². The summed E-state index contributed by atoms with van der Waals surface area (Å²) in [5.74, 6) is 1.85. The Morgan fingerprint density at radius 2 is 1.65 bits per heavy atom. The highest BCUT2D eigenvalue weighted by Crippen LogP contribution is 2.43. The van der Waals surface area contributed by atoms with E-state index in [-0.39, 0.29) is 6.79 Å². The van der Waals surface area contributed by atoms with Crippen LogP contribution in [0.25, 0.3) is 10.8 Å². The highest BCUT2D eigenvalue weighted by Gasteiger charge is 2.42. The molecule has 0 saturated heterocycles. The average Bonchev–Trinajstić information content (AvgIpc) is 2.74. The predicted molar refractivity (Wildman–Crippen MR) is 139 cm³/mol. The van der Waals surface area contributed by atoms with Gasteiger partial charge in [0.25, 0.3) is 0 Å². The van der Waals surface area contributed by atoms with Crippen molar-refractivity contribution in [2.45, 2.75) is 78.1 Å². The predicted octanol–water partition coefficient (Wildman–Crippen LogP) is 7.32. The summed E-state index contributed by atoms with van der Waals surface area (Å²) >= 11 is 0. The third-order valence-corrected chi connectivity index (χ3v) is 13.4. The van der Waals surface area contributed by atoms with E-state index in [0.717, 1.165) is 5.39 Å². The monoisotopic (exact) mass is 486 g/mol. The number of hydrogen-bond donors (Lipinski definition) is 1. The third-order valence-electron chi connectivity index (χ3n) is 7.14. The van der Waals surface area contributed by atoms with Crippen LogP contribution in [0.2, 0.25) is 16.6 Å². The number of benzene rings is 2. The van der Waals surface area contributed by atoms with Gasteiger partial charge in [0.1, 0.15) is 26.8 Å². The Balaban J connectivity index is 2.91. The Bertz CT molecular complexity index is 1060. The van der Waals surface area contributed by atoms with Gasteiger partial charge in [0.05, 0.1) is 11.0 Å². The quantitative estimate of drug-likeness (QED) is 0.229. The maximum Gasteiger partial charge on any atom is 0.312 e. The van der Waals surface area contributed by atoms with E-state index in [1.54, 1.807) is 26.0 Å². The molecule has 2 rings (SSSR count). The van der Waals surface area contributed by atoms with E-state index < -0.39 is 31.4 Å². The summed E-state index contributed by atoms with van der Waals surface area (Å²) in [6.07, 6.45) is -0.863. The minimum absolute atomic E-state index is 0.0852. The number of fused-ring (bicyclic) bond motifs is 1. The zero-order chi connectivity index (χ0) is 25.8. The molecule has 0 heterocycles. The second-order valence-corrected chi connectivity index (χ2v) is 16.1. The summed E-state index contributed by atoms with van der Waals surface area (Å²) in [6, 6.07) is 8.67. The lowest BCUT2D eigenvalue weighted by Crippen LogP contribution is -2.43. The number of ether oxygens (including phenoxy) is 2. The first-order chi connectivity index (χ1) is 15.8. The molecule has 0 aliphatic carbocycles. The van der Waals surface area contributed by atoms with E-state index in [1.165, 1.54) is 13.2 Å². The lowest BCUT2D eigenvalue weighted by Gasteiger charge is -2.38. The molecule has 186 valence electrons. The highest BCUT2D eigenvalue weighted by molar-refractivity contribution is 6.90. The lowest BCUT2D eigenvalue weighted by molar-refractivity contribution is -0.165. The van der Waals surface area contributed by atoms with Gasteiger partial charge in [-0.1, -0.05) is 71.7 Å². The Labute approximate surface area is 204 Å². The molecule has 0 aromatic heterocycles. The normalized spacial score (nSPS) is 13.4. The Morgan fingerprint density at radius 1 is 1.06 bits per heavy atom. The molecule has 0 aliphatic rings. The fraction of sp³-hybridized carbons (Fsp3) is 0.536. The van der Waals surface area contributed by atoms with E-state index in [0.29, 0.717) is 33.1 Å². The van der Waals surface area contributed by atoms with Crippen molar-refractivity contribution in [1.82, 2.24) is 0 Å². The van der Waals surface area contributed by atoms with Gasteiger partial charge >= 0.3 is 5.97 Å². The standard InChI is InChI=1S/C28H39FO4Si/c1-18(2)34(19(3)4,20(5)6)16-15-22-24(29)14-13-21-11-10-12-23(25(21)22)26(33-17-32-9)28(7,8)27(30)31/h10-14,18-20,26H,17H2,1-9H3,(H,30,31). The van der Waals surface area contributed by atoms with Crippen molar-refractivity contribution in [3.8, 4) is 11.5 Å². The van der Waals surface area contributed by atoms with Gasteiger partial charge in [-0.3, -0.25) is 4.79 Å². The Kier molecular flexibility index (Phi) is 9.09. The summed E-state index contributed by atoms with van der Waals surface area (Å²) < 4.78 is 26.4. The highest BCUT2D eigenvalue weighted by atomic mass is 28.3. The molecule has 4 nitrogen and oxygen atoms in total. The number of rotatable bonds is 9. The Hall–Kier alpha value is -2.20. The summed E-state index contributed by atoms with van der Waals surface area (Å²) in [5.41, 5.74) is 4.45. The second-order valence-electron chi connectivity index (χ2n) is 10.5. The zero-order valence-corrected chi connectivity index (χ0v) is 23.0. The van der Waals surface area contributed by atoms with Gasteiger partial charge in [0.2, 0.25) is 0 Å². The molecule has 6 heteroatoms. The van der Waals surface area contributed by atoms with Crippen molar-refractivity contribution in [1.29, 1.82) is 0 Å². The van der Waals surface area contributed by atoms with Gasteiger partial charge in [-0.25, -0.2) is 4.39 Å². The van der Waals surface area contributed by atoms with Crippen LogP contribution in [0.3, 0.4) is 0 Å². The molecule has 0 saturated carbocycles. The largest absolute Gasteiger partial charge is 0.481 e. The summed E-state index contributed by atoms with van der Waals surface area (Å²) in [6.45, 7) is 16.4. The van der Waals surface area contributed by atoms with Crippen LogP contribution in [0.1, 0.15) is 72.6 Å². The van der Waals surface area contributed by atoms with E-state index in [9.17, 15) is 9.90 Å². The molecule has 0 spiro atoms. The molecule has 1 atom stereocenters. The molecule has 2 aromatic rings. The van der Waals surface area contributed by atoms with Crippen LogP contribution in [0.5, 0.6) is 0 Å². The van der Waals surface area contributed by atoms with Crippen LogP contribution >= 0.6 is 0 Å². The minimum atomic E-state index is -2.11. The van der Waals surface area contributed by atoms with Crippen molar-refractivity contribution < 1.29 is 23.8 Å².